The van der Waals surface area contributed by atoms with Gasteiger partial charge in [-0.05, 0) is 23.4 Å². The normalized spacial score (nSPS) is 24.0. The quantitative estimate of drug-likeness (QED) is 0.771. The summed E-state index contributed by atoms with van der Waals surface area (Å²) in [6.45, 7) is 4.28. The van der Waals surface area contributed by atoms with E-state index in [0.717, 1.165) is 18.0 Å². The molecule has 0 bridgehead atoms. The van der Waals surface area contributed by atoms with E-state index in [1.54, 1.807) is 0 Å². The molecule has 0 saturated heterocycles. The summed E-state index contributed by atoms with van der Waals surface area (Å²) in [6.07, 6.45) is 2.56. The Morgan fingerprint density at radius 2 is 2.46 bits per heavy atom. The number of carbonyl (C=O) groups is 1. The molecule has 1 N–H and O–H groups in total. The van der Waals surface area contributed by atoms with Gasteiger partial charge in [-0.25, -0.2) is 0 Å². The molecule has 70 valence electrons. The van der Waals surface area contributed by atoms with E-state index in [4.69, 9.17) is 0 Å². The maximum atomic E-state index is 11.5. The zero-order valence-electron chi connectivity index (χ0n) is 7.57. The molecule has 4 nitrogen and oxygen atoms in total. The maximum absolute atomic E-state index is 11.5. The molecule has 13 heavy (non-hydrogen) atoms. The van der Waals surface area contributed by atoms with Crippen molar-refractivity contribution in [1.29, 1.82) is 0 Å². The lowest BCUT2D eigenvalue weighted by molar-refractivity contribution is 0.0950. The predicted molar refractivity (Wildman–Crippen MR) is 49.6 cm³/mol. The first kappa shape index (κ1) is 8.62. The fourth-order valence-corrected chi connectivity index (χ4v) is 1.63. The average molecular weight is 197 g/mol. The molecule has 0 radical (unpaired) electrons. The number of hydrogen-bond donors (Lipinski definition) is 1. The van der Waals surface area contributed by atoms with E-state index in [9.17, 15) is 4.79 Å². The van der Waals surface area contributed by atoms with Crippen molar-refractivity contribution in [3.8, 4) is 0 Å². The zero-order chi connectivity index (χ0) is 9.47. The largest absolute Gasteiger partial charge is 0.348 e. The average Bonchev–Trinajstić information content (AvgIpc) is 2.58. The second kappa shape index (κ2) is 2.77. The number of aromatic nitrogens is 2. The molecule has 0 aliphatic heterocycles. The minimum absolute atomic E-state index is 0.0504. The molecule has 1 fully saturated rings. The Kier molecular flexibility index (Phi) is 1.83. The Labute approximate surface area is 80.5 Å². The first-order valence-electron chi connectivity index (χ1n) is 4.18. The fourth-order valence-electron chi connectivity index (χ4n) is 1.21. The van der Waals surface area contributed by atoms with Gasteiger partial charge in [-0.15, -0.1) is 5.10 Å². The van der Waals surface area contributed by atoms with Crippen molar-refractivity contribution < 1.29 is 4.79 Å². The second-order valence-electron chi connectivity index (χ2n) is 4.00. The van der Waals surface area contributed by atoms with E-state index in [-0.39, 0.29) is 11.3 Å². The van der Waals surface area contributed by atoms with Crippen LogP contribution in [0.25, 0.3) is 0 Å². The molecule has 1 amide bonds. The third kappa shape index (κ3) is 1.70. The fraction of sp³-hybridized carbons (Fsp3) is 0.625. The number of carbonyl (C=O) groups excluding carboxylic acids is 1. The highest BCUT2D eigenvalue weighted by Crippen LogP contribution is 2.44. The topological polar surface area (TPSA) is 54.9 Å². The number of hydrogen-bond acceptors (Lipinski definition) is 4. The summed E-state index contributed by atoms with van der Waals surface area (Å²) in [4.78, 5) is 12.0. The van der Waals surface area contributed by atoms with Crippen molar-refractivity contribution in [3.63, 3.8) is 0 Å². The molecular weight excluding hydrogens is 186 g/mol. The van der Waals surface area contributed by atoms with Gasteiger partial charge >= 0.3 is 0 Å². The monoisotopic (exact) mass is 197 g/mol. The molecule has 2 rings (SSSR count). The first-order valence-corrected chi connectivity index (χ1v) is 4.95. The van der Waals surface area contributed by atoms with Crippen LogP contribution in [0.2, 0.25) is 0 Å². The zero-order valence-corrected chi connectivity index (χ0v) is 8.39. The van der Waals surface area contributed by atoms with Gasteiger partial charge in [0.15, 0.2) is 0 Å². The van der Waals surface area contributed by atoms with E-state index in [0.29, 0.717) is 10.9 Å². The Hall–Kier alpha value is -0.970. The van der Waals surface area contributed by atoms with Crippen LogP contribution in [0, 0.1) is 5.41 Å². The molecule has 1 atom stereocenters. The van der Waals surface area contributed by atoms with Crippen LogP contribution in [-0.2, 0) is 0 Å². The van der Waals surface area contributed by atoms with Gasteiger partial charge in [0.25, 0.3) is 5.91 Å². The number of rotatable bonds is 2. The highest BCUT2D eigenvalue weighted by atomic mass is 32.1. The highest BCUT2D eigenvalue weighted by molar-refractivity contribution is 7.07. The van der Waals surface area contributed by atoms with E-state index in [1.165, 1.54) is 6.20 Å². The molecule has 5 heteroatoms. The van der Waals surface area contributed by atoms with Crippen molar-refractivity contribution in [3.05, 3.63) is 11.1 Å². The van der Waals surface area contributed by atoms with Gasteiger partial charge in [0.05, 0.1) is 6.20 Å². The van der Waals surface area contributed by atoms with E-state index in [2.05, 4.69) is 28.8 Å². The van der Waals surface area contributed by atoms with Gasteiger partial charge in [-0.1, -0.05) is 18.3 Å². The van der Waals surface area contributed by atoms with Gasteiger partial charge in [0.2, 0.25) is 0 Å². The lowest BCUT2D eigenvalue weighted by atomic mass is 10.2. The minimum Gasteiger partial charge on any atom is -0.348 e. The summed E-state index contributed by atoms with van der Waals surface area (Å²) in [5.74, 6) is -0.0504. The van der Waals surface area contributed by atoms with Gasteiger partial charge in [-0.2, -0.15) is 0 Å². The Morgan fingerprint density at radius 1 is 1.77 bits per heavy atom. The molecule has 1 unspecified atom stereocenters. The number of nitrogens with zero attached hydrogens (tertiary/aromatic N) is 2. The smallest absolute Gasteiger partial charge is 0.264 e. The van der Waals surface area contributed by atoms with Crippen LogP contribution in [0.5, 0.6) is 0 Å². The summed E-state index contributed by atoms with van der Waals surface area (Å²) >= 11 is 1.13. The van der Waals surface area contributed by atoms with E-state index in [1.807, 2.05) is 0 Å². The number of amides is 1. The van der Waals surface area contributed by atoms with Crippen LogP contribution >= 0.6 is 11.5 Å². The van der Waals surface area contributed by atoms with Crippen LogP contribution in [0.3, 0.4) is 0 Å². The third-order valence-electron chi connectivity index (χ3n) is 2.40. The summed E-state index contributed by atoms with van der Waals surface area (Å²) in [6, 6.07) is 0.321. The summed E-state index contributed by atoms with van der Waals surface area (Å²) < 4.78 is 3.64. The van der Waals surface area contributed by atoms with Crippen LogP contribution < -0.4 is 5.32 Å². The molecule has 1 saturated carbocycles. The molecule has 1 aromatic heterocycles. The van der Waals surface area contributed by atoms with Crippen LogP contribution in [0.15, 0.2) is 6.20 Å². The highest BCUT2D eigenvalue weighted by Gasteiger charge is 2.46. The Balaban J connectivity index is 1.94. The maximum Gasteiger partial charge on any atom is 0.264 e. The molecule has 1 heterocycles. The SMILES string of the molecule is CC1(C)CC1NC(=O)c1cnns1. The predicted octanol–water partition coefficient (Wildman–Crippen LogP) is 1.07. The third-order valence-corrected chi connectivity index (χ3v) is 3.07. The van der Waals surface area contributed by atoms with Gasteiger partial charge < -0.3 is 5.32 Å². The summed E-state index contributed by atoms with van der Waals surface area (Å²) in [7, 11) is 0. The summed E-state index contributed by atoms with van der Waals surface area (Å²) in [5.41, 5.74) is 0.272. The molecule has 1 aliphatic rings. The summed E-state index contributed by atoms with van der Waals surface area (Å²) in [5, 5.41) is 6.55. The van der Waals surface area contributed by atoms with Crippen LogP contribution in [0.4, 0.5) is 0 Å². The molecule has 1 aliphatic carbocycles. The van der Waals surface area contributed by atoms with Crippen molar-refractivity contribution in [2.24, 2.45) is 5.41 Å². The van der Waals surface area contributed by atoms with Crippen LogP contribution in [0.1, 0.15) is 29.9 Å². The van der Waals surface area contributed by atoms with Crippen molar-refractivity contribution >= 4 is 17.4 Å². The van der Waals surface area contributed by atoms with Crippen molar-refractivity contribution in [1.82, 2.24) is 14.9 Å². The van der Waals surface area contributed by atoms with Gasteiger partial charge in [0.1, 0.15) is 4.88 Å². The standard InChI is InChI=1S/C8H11N3OS/c1-8(2)3-6(8)10-7(12)5-4-9-11-13-5/h4,6H,3H2,1-2H3,(H,10,12). The lowest BCUT2D eigenvalue weighted by Crippen LogP contribution is -2.27. The van der Waals surface area contributed by atoms with Crippen molar-refractivity contribution in [2.45, 2.75) is 26.3 Å². The first-order chi connectivity index (χ1) is 6.09. The molecule has 1 aromatic rings. The molecule has 0 spiro atoms. The molecular formula is C8H11N3OS. The van der Waals surface area contributed by atoms with Crippen LogP contribution in [-0.4, -0.2) is 21.5 Å². The molecule has 0 aromatic carbocycles. The van der Waals surface area contributed by atoms with Gasteiger partial charge in [-0.3, -0.25) is 4.79 Å². The second-order valence-corrected chi connectivity index (χ2v) is 4.79. The Morgan fingerprint density at radius 3 is 2.92 bits per heavy atom. The van der Waals surface area contributed by atoms with E-state index < -0.39 is 0 Å². The van der Waals surface area contributed by atoms with Crippen molar-refractivity contribution in [2.75, 3.05) is 0 Å². The Bertz CT molecular complexity index is 320. The van der Waals surface area contributed by atoms with Gasteiger partial charge in [0, 0.05) is 6.04 Å². The van der Waals surface area contributed by atoms with E-state index >= 15 is 0 Å². The number of nitrogens with one attached hydrogen (secondary N) is 1. The lowest BCUT2D eigenvalue weighted by Gasteiger charge is -2.03. The minimum atomic E-state index is -0.0504.